The Morgan fingerprint density at radius 3 is 2.50 bits per heavy atom. The molecule has 11 nitrogen and oxygen atoms in total. The molecule has 1 saturated heterocycles. The molecule has 3 heterocycles. The molecular weight excluding hydrogens is 368 g/mol. The fourth-order valence-corrected chi connectivity index (χ4v) is 2.44. The monoisotopic (exact) mass is 390 g/mol. The van der Waals surface area contributed by atoms with Gasteiger partial charge in [-0.3, -0.25) is 4.79 Å². The highest BCUT2D eigenvalue weighted by molar-refractivity contribution is 5.71. The van der Waals surface area contributed by atoms with Crippen molar-refractivity contribution in [1.82, 2.24) is 25.1 Å². The van der Waals surface area contributed by atoms with Gasteiger partial charge in [0.25, 0.3) is 0 Å². The van der Waals surface area contributed by atoms with Gasteiger partial charge in [-0.2, -0.15) is 15.0 Å². The van der Waals surface area contributed by atoms with Gasteiger partial charge < -0.3 is 23.8 Å². The van der Waals surface area contributed by atoms with Gasteiger partial charge in [0.2, 0.25) is 17.7 Å². The Morgan fingerprint density at radius 1 is 1.07 bits per heavy atom. The minimum Gasteiger partial charge on any atom is -0.477 e. The van der Waals surface area contributed by atoms with Crippen LogP contribution >= 0.6 is 0 Å². The first-order valence-corrected chi connectivity index (χ1v) is 9.05. The van der Waals surface area contributed by atoms with Crippen LogP contribution in [0.4, 0.5) is 5.95 Å². The van der Waals surface area contributed by atoms with Crippen molar-refractivity contribution in [2.75, 3.05) is 44.4 Å². The number of hydrogen-bond donors (Lipinski definition) is 0. The van der Waals surface area contributed by atoms with Gasteiger partial charge in [0, 0.05) is 25.2 Å². The number of rotatable bonds is 8. The van der Waals surface area contributed by atoms with Gasteiger partial charge in [0.05, 0.1) is 26.4 Å². The lowest BCUT2D eigenvalue weighted by atomic mass is 10.4. The van der Waals surface area contributed by atoms with Gasteiger partial charge in [0.1, 0.15) is 12.2 Å². The number of nitrogens with zero attached hydrogens (tertiary/aromatic N) is 6. The Balaban J connectivity index is 1.82. The first-order valence-electron chi connectivity index (χ1n) is 9.05. The summed E-state index contributed by atoms with van der Waals surface area (Å²) in [6.45, 7) is 6.77. The van der Waals surface area contributed by atoms with Gasteiger partial charge in [0.15, 0.2) is 0 Å². The Labute approximate surface area is 162 Å². The molecule has 11 heteroatoms. The molecule has 1 fully saturated rings. The normalized spacial score (nSPS) is 13.9. The molecule has 0 radical (unpaired) electrons. The summed E-state index contributed by atoms with van der Waals surface area (Å²) in [5, 5.41) is 7.83. The van der Waals surface area contributed by atoms with Crippen LogP contribution in [-0.2, 0) is 20.7 Å². The summed E-state index contributed by atoms with van der Waals surface area (Å²) < 4.78 is 21.2. The SMILES string of the molecule is CCOC(=O)Cc1nc(Oc2ccc(OCC)nn2)nc(N2CCOCC2)n1. The summed E-state index contributed by atoms with van der Waals surface area (Å²) in [5.41, 5.74) is 0. The highest BCUT2D eigenvalue weighted by atomic mass is 16.5. The number of hydrogen-bond acceptors (Lipinski definition) is 11. The number of carbonyl (C=O) groups is 1. The third-order valence-corrected chi connectivity index (χ3v) is 3.65. The summed E-state index contributed by atoms with van der Waals surface area (Å²) in [7, 11) is 0. The van der Waals surface area contributed by atoms with Gasteiger partial charge in [-0.25, -0.2) is 0 Å². The van der Waals surface area contributed by atoms with E-state index in [1.165, 1.54) is 0 Å². The number of anilines is 1. The minimum absolute atomic E-state index is 0.0225. The van der Waals surface area contributed by atoms with E-state index < -0.39 is 5.97 Å². The Kier molecular flexibility index (Phi) is 6.84. The summed E-state index contributed by atoms with van der Waals surface area (Å²) in [6, 6.07) is 3.26. The molecule has 0 spiro atoms. The third-order valence-electron chi connectivity index (χ3n) is 3.65. The first kappa shape index (κ1) is 19.7. The van der Waals surface area contributed by atoms with Crippen LogP contribution in [0.2, 0.25) is 0 Å². The molecular formula is C17H22N6O5. The molecule has 0 atom stereocenters. The van der Waals surface area contributed by atoms with Crippen molar-refractivity contribution in [1.29, 1.82) is 0 Å². The smallest absolute Gasteiger partial charge is 0.328 e. The lowest BCUT2D eigenvalue weighted by Crippen LogP contribution is -2.37. The molecule has 0 aromatic carbocycles. The molecule has 1 aliphatic rings. The van der Waals surface area contributed by atoms with Gasteiger partial charge >= 0.3 is 12.0 Å². The molecule has 28 heavy (non-hydrogen) atoms. The lowest BCUT2D eigenvalue weighted by Gasteiger charge is -2.26. The predicted octanol–water partition coefficient (Wildman–Crippen LogP) is 0.795. The van der Waals surface area contributed by atoms with Crippen molar-refractivity contribution in [2.45, 2.75) is 20.3 Å². The lowest BCUT2D eigenvalue weighted by molar-refractivity contribution is -0.142. The van der Waals surface area contributed by atoms with E-state index >= 15 is 0 Å². The van der Waals surface area contributed by atoms with E-state index in [0.29, 0.717) is 44.7 Å². The zero-order valence-electron chi connectivity index (χ0n) is 15.8. The van der Waals surface area contributed by atoms with Crippen molar-refractivity contribution in [3.8, 4) is 17.8 Å². The fraction of sp³-hybridized carbons (Fsp3) is 0.529. The molecule has 0 aliphatic carbocycles. The third kappa shape index (κ3) is 5.46. The standard InChI is InChI=1S/C17H22N6O5/c1-3-26-13-5-6-14(22-21-13)28-17-19-12(11-15(24)27-4-2)18-16(20-17)23-7-9-25-10-8-23/h5-6H,3-4,7-11H2,1-2H3. The first-order chi connectivity index (χ1) is 13.7. The fourth-order valence-electron chi connectivity index (χ4n) is 2.44. The second kappa shape index (κ2) is 9.74. The largest absolute Gasteiger partial charge is 0.477 e. The van der Waals surface area contributed by atoms with E-state index in [1.54, 1.807) is 19.1 Å². The van der Waals surface area contributed by atoms with E-state index in [0.717, 1.165) is 0 Å². The molecule has 3 rings (SSSR count). The second-order valence-electron chi connectivity index (χ2n) is 5.66. The van der Waals surface area contributed by atoms with Gasteiger partial charge in [-0.05, 0) is 13.8 Å². The van der Waals surface area contributed by atoms with Crippen molar-refractivity contribution in [3.05, 3.63) is 18.0 Å². The number of carbonyl (C=O) groups excluding carboxylic acids is 1. The highest BCUT2D eigenvalue weighted by Crippen LogP contribution is 2.20. The van der Waals surface area contributed by atoms with Crippen LogP contribution in [-0.4, -0.2) is 70.6 Å². The van der Waals surface area contributed by atoms with Crippen LogP contribution < -0.4 is 14.4 Å². The van der Waals surface area contributed by atoms with Crippen molar-refractivity contribution in [2.24, 2.45) is 0 Å². The number of aromatic nitrogens is 5. The zero-order valence-corrected chi connectivity index (χ0v) is 15.8. The minimum atomic E-state index is -0.423. The Morgan fingerprint density at radius 2 is 1.82 bits per heavy atom. The predicted molar refractivity (Wildman–Crippen MR) is 96.5 cm³/mol. The van der Waals surface area contributed by atoms with E-state index in [9.17, 15) is 4.79 Å². The molecule has 150 valence electrons. The van der Waals surface area contributed by atoms with Crippen LogP contribution in [0.25, 0.3) is 0 Å². The van der Waals surface area contributed by atoms with E-state index in [1.807, 2.05) is 11.8 Å². The number of morpholine rings is 1. The van der Waals surface area contributed by atoms with Gasteiger partial charge in [-0.15, -0.1) is 10.2 Å². The highest BCUT2D eigenvalue weighted by Gasteiger charge is 2.19. The van der Waals surface area contributed by atoms with E-state index in [-0.39, 0.29) is 30.7 Å². The average molecular weight is 390 g/mol. The molecule has 0 unspecified atom stereocenters. The maximum absolute atomic E-state index is 11.8. The number of esters is 1. The van der Waals surface area contributed by atoms with Crippen molar-refractivity contribution < 1.29 is 23.7 Å². The van der Waals surface area contributed by atoms with Crippen LogP contribution in [0.3, 0.4) is 0 Å². The van der Waals surface area contributed by atoms with Crippen LogP contribution in [0.15, 0.2) is 12.1 Å². The van der Waals surface area contributed by atoms with E-state index in [2.05, 4.69) is 25.1 Å². The second-order valence-corrected chi connectivity index (χ2v) is 5.66. The average Bonchev–Trinajstić information content (AvgIpc) is 2.70. The molecule has 1 aliphatic heterocycles. The van der Waals surface area contributed by atoms with Crippen LogP contribution in [0.5, 0.6) is 17.8 Å². The maximum atomic E-state index is 11.8. The molecule has 0 saturated carbocycles. The van der Waals surface area contributed by atoms with Crippen molar-refractivity contribution in [3.63, 3.8) is 0 Å². The molecule has 0 amide bonds. The Bertz CT molecular complexity index is 782. The summed E-state index contributed by atoms with van der Waals surface area (Å²) in [5.74, 6) is 0.830. The number of ether oxygens (including phenoxy) is 4. The molecule has 0 N–H and O–H groups in total. The topological polar surface area (TPSA) is 122 Å². The maximum Gasteiger partial charge on any atom is 0.328 e. The van der Waals surface area contributed by atoms with Gasteiger partial charge in [-0.1, -0.05) is 0 Å². The zero-order chi connectivity index (χ0) is 19.8. The quantitative estimate of drug-likeness (QED) is 0.595. The molecule has 0 bridgehead atoms. The Hall–Kier alpha value is -3.08. The van der Waals surface area contributed by atoms with Crippen LogP contribution in [0.1, 0.15) is 19.7 Å². The van der Waals surface area contributed by atoms with E-state index in [4.69, 9.17) is 18.9 Å². The molecule has 2 aromatic rings. The van der Waals surface area contributed by atoms with Crippen molar-refractivity contribution >= 4 is 11.9 Å². The molecule has 2 aromatic heterocycles. The summed E-state index contributed by atoms with van der Waals surface area (Å²) in [4.78, 5) is 26.7. The summed E-state index contributed by atoms with van der Waals surface area (Å²) >= 11 is 0. The van der Waals surface area contributed by atoms with Crippen LogP contribution in [0, 0.1) is 0 Å². The summed E-state index contributed by atoms with van der Waals surface area (Å²) in [6.07, 6.45) is -0.0843.